The van der Waals surface area contributed by atoms with Crippen molar-refractivity contribution in [1.82, 2.24) is 15.3 Å². The molecule has 0 spiro atoms. The number of aromatic nitrogens is 2. The number of hydrogen-bond acceptors (Lipinski definition) is 5. The molecular weight excluding hydrogens is 286 g/mol. The summed E-state index contributed by atoms with van der Waals surface area (Å²) in [6, 6.07) is 7.51. The van der Waals surface area contributed by atoms with Crippen LogP contribution in [-0.4, -0.2) is 46.6 Å². The number of nitrogens with one attached hydrogen (secondary N) is 1. The fourth-order valence-electron chi connectivity index (χ4n) is 2.36. The smallest absolute Gasteiger partial charge is 0.271 e. The molecule has 2 aromatic rings. The van der Waals surface area contributed by atoms with E-state index in [1.54, 1.807) is 7.11 Å². The van der Waals surface area contributed by atoms with Crippen LogP contribution in [0.3, 0.4) is 0 Å². The first-order chi connectivity index (χ1) is 10.2. The van der Waals surface area contributed by atoms with E-state index in [1.165, 1.54) is 6.20 Å². The standard InChI is InChI=1S/C15H17N3O2S/c1-20-15(6-7-21-10-15)9-17-14(19)13-8-16-11-4-2-3-5-12(11)18-13/h2-5,8H,6-7,9-10H2,1H3,(H,17,19). The summed E-state index contributed by atoms with van der Waals surface area (Å²) in [5.74, 6) is 1.77. The number of carbonyl (C=O) groups excluding carboxylic acids is 1. The van der Waals surface area contributed by atoms with Crippen molar-refractivity contribution in [3.05, 3.63) is 36.2 Å². The Morgan fingerprint density at radius 2 is 2.24 bits per heavy atom. The number of methoxy groups -OCH3 is 1. The van der Waals surface area contributed by atoms with E-state index in [-0.39, 0.29) is 11.5 Å². The van der Waals surface area contributed by atoms with Gasteiger partial charge in [-0.3, -0.25) is 9.78 Å². The van der Waals surface area contributed by atoms with Gasteiger partial charge in [0.15, 0.2) is 0 Å². The zero-order valence-corrected chi connectivity index (χ0v) is 12.7. The Morgan fingerprint density at radius 1 is 1.43 bits per heavy atom. The molecule has 110 valence electrons. The SMILES string of the molecule is COC1(CNC(=O)c2cnc3ccccc3n2)CCSC1. The minimum atomic E-state index is -0.245. The molecule has 0 radical (unpaired) electrons. The molecule has 2 heterocycles. The Hall–Kier alpha value is -1.66. The third-order valence-electron chi connectivity index (χ3n) is 3.75. The number of fused-ring (bicyclic) bond motifs is 1. The average Bonchev–Trinajstić information content (AvgIpc) is 3.01. The first-order valence-corrected chi connectivity index (χ1v) is 8.01. The number of ether oxygens (including phenoxy) is 1. The van der Waals surface area contributed by atoms with Crippen molar-refractivity contribution >= 4 is 28.7 Å². The normalized spacial score (nSPS) is 21.6. The van der Waals surface area contributed by atoms with Crippen LogP contribution in [0, 0.1) is 0 Å². The fraction of sp³-hybridized carbons (Fsp3) is 0.400. The molecular formula is C15H17N3O2S. The van der Waals surface area contributed by atoms with Crippen molar-refractivity contribution in [2.24, 2.45) is 0 Å². The van der Waals surface area contributed by atoms with Gasteiger partial charge in [-0.1, -0.05) is 12.1 Å². The molecule has 1 atom stereocenters. The first kappa shape index (κ1) is 14.3. The molecule has 1 unspecified atom stereocenters. The van der Waals surface area contributed by atoms with Crippen LogP contribution >= 0.6 is 11.8 Å². The highest BCUT2D eigenvalue weighted by atomic mass is 32.2. The van der Waals surface area contributed by atoms with E-state index in [9.17, 15) is 4.79 Å². The molecule has 1 fully saturated rings. The molecule has 1 aliphatic rings. The van der Waals surface area contributed by atoms with Crippen LogP contribution in [0.4, 0.5) is 0 Å². The molecule has 0 aliphatic carbocycles. The Bertz CT molecular complexity index is 656. The predicted octanol–water partition coefficient (Wildman–Crippen LogP) is 1.88. The summed E-state index contributed by atoms with van der Waals surface area (Å²) in [6.45, 7) is 0.504. The van der Waals surface area contributed by atoms with Crippen LogP contribution in [-0.2, 0) is 4.74 Å². The fourth-order valence-corrected chi connectivity index (χ4v) is 3.76. The van der Waals surface area contributed by atoms with Gasteiger partial charge in [0.1, 0.15) is 5.69 Å². The van der Waals surface area contributed by atoms with E-state index in [0.29, 0.717) is 12.2 Å². The molecule has 6 heteroatoms. The van der Waals surface area contributed by atoms with Crippen LogP contribution < -0.4 is 5.32 Å². The van der Waals surface area contributed by atoms with E-state index in [0.717, 1.165) is 29.0 Å². The number of rotatable bonds is 4. The minimum absolute atomic E-state index is 0.207. The van der Waals surface area contributed by atoms with Crippen molar-refractivity contribution < 1.29 is 9.53 Å². The number of carbonyl (C=O) groups is 1. The van der Waals surface area contributed by atoms with Crippen molar-refractivity contribution in [3.63, 3.8) is 0 Å². The van der Waals surface area contributed by atoms with Crippen LogP contribution in [0.25, 0.3) is 11.0 Å². The molecule has 21 heavy (non-hydrogen) atoms. The Labute approximate surface area is 127 Å². The van der Waals surface area contributed by atoms with Crippen molar-refractivity contribution in [1.29, 1.82) is 0 Å². The van der Waals surface area contributed by atoms with Gasteiger partial charge >= 0.3 is 0 Å². The number of nitrogens with zero attached hydrogens (tertiary/aromatic N) is 2. The second-order valence-electron chi connectivity index (χ2n) is 5.12. The van der Waals surface area contributed by atoms with Gasteiger partial charge in [0.25, 0.3) is 5.91 Å². The number of para-hydroxylation sites is 2. The van der Waals surface area contributed by atoms with Gasteiger partial charge in [-0.05, 0) is 24.3 Å². The van der Waals surface area contributed by atoms with E-state index in [2.05, 4.69) is 15.3 Å². The molecule has 3 rings (SSSR count). The van der Waals surface area contributed by atoms with Gasteiger partial charge in [-0.25, -0.2) is 4.98 Å². The Balaban J connectivity index is 1.71. The van der Waals surface area contributed by atoms with Crippen LogP contribution in [0.15, 0.2) is 30.5 Å². The first-order valence-electron chi connectivity index (χ1n) is 6.85. The molecule has 1 N–H and O–H groups in total. The summed E-state index contributed by atoms with van der Waals surface area (Å²) in [7, 11) is 1.70. The number of hydrogen-bond donors (Lipinski definition) is 1. The maximum Gasteiger partial charge on any atom is 0.271 e. The molecule has 5 nitrogen and oxygen atoms in total. The minimum Gasteiger partial charge on any atom is -0.376 e. The average molecular weight is 303 g/mol. The molecule has 0 bridgehead atoms. The molecule has 1 saturated heterocycles. The molecule has 1 aliphatic heterocycles. The second-order valence-corrected chi connectivity index (χ2v) is 6.22. The van der Waals surface area contributed by atoms with Gasteiger partial charge in [0.2, 0.25) is 0 Å². The zero-order chi connectivity index (χ0) is 14.7. The Kier molecular flexibility index (Phi) is 4.07. The van der Waals surface area contributed by atoms with Crippen molar-refractivity contribution in [2.45, 2.75) is 12.0 Å². The zero-order valence-electron chi connectivity index (χ0n) is 11.8. The number of benzene rings is 1. The van der Waals surface area contributed by atoms with E-state index < -0.39 is 0 Å². The summed E-state index contributed by atoms with van der Waals surface area (Å²) in [4.78, 5) is 20.8. The molecule has 1 amide bonds. The highest BCUT2D eigenvalue weighted by Gasteiger charge is 2.34. The van der Waals surface area contributed by atoms with Gasteiger partial charge in [0.05, 0.1) is 22.8 Å². The van der Waals surface area contributed by atoms with Gasteiger partial charge in [-0.15, -0.1) is 0 Å². The predicted molar refractivity (Wildman–Crippen MR) is 83.6 cm³/mol. The molecule has 0 saturated carbocycles. The van der Waals surface area contributed by atoms with Gasteiger partial charge in [-0.2, -0.15) is 11.8 Å². The lowest BCUT2D eigenvalue weighted by Gasteiger charge is -2.26. The lowest BCUT2D eigenvalue weighted by molar-refractivity contribution is 0.0136. The summed E-state index contributed by atoms with van der Waals surface area (Å²) in [5.41, 5.74) is 1.60. The second kappa shape index (κ2) is 5.99. The summed E-state index contributed by atoms with van der Waals surface area (Å²) in [5, 5.41) is 2.92. The van der Waals surface area contributed by atoms with Gasteiger partial charge < -0.3 is 10.1 Å². The van der Waals surface area contributed by atoms with Gasteiger partial charge in [0, 0.05) is 19.4 Å². The van der Waals surface area contributed by atoms with Crippen molar-refractivity contribution in [3.8, 4) is 0 Å². The molecule has 1 aromatic carbocycles. The quantitative estimate of drug-likeness (QED) is 0.934. The highest BCUT2D eigenvalue weighted by molar-refractivity contribution is 7.99. The van der Waals surface area contributed by atoms with E-state index in [4.69, 9.17) is 4.74 Å². The lowest BCUT2D eigenvalue weighted by Crippen LogP contribution is -2.44. The van der Waals surface area contributed by atoms with Crippen LogP contribution in [0.1, 0.15) is 16.9 Å². The maximum absolute atomic E-state index is 12.2. The molecule has 1 aromatic heterocycles. The van der Waals surface area contributed by atoms with Crippen LogP contribution in [0.5, 0.6) is 0 Å². The maximum atomic E-state index is 12.2. The van der Waals surface area contributed by atoms with E-state index >= 15 is 0 Å². The largest absolute Gasteiger partial charge is 0.376 e. The summed E-state index contributed by atoms with van der Waals surface area (Å²) >= 11 is 1.85. The number of thioether (sulfide) groups is 1. The summed E-state index contributed by atoms with van der Waals surface area (Å²) < 4.78 is 5.58. The third-order valence-corrected chi connectivity index (χ3v) is 4.98. The summed E-state index contributed by atoms with van der Waals surface area (Å²) in [6.07, 6.45) is 2.47. The van der Waals surface area contributed by atoms with Crippen LogP contribution in [0.2, 0.25) is 0 Å². The van der Waals surface area contributed by atoms with Crippen molar-refractivity contribution in [2.75, 3.05) is 25.2 Å². The Morgan fingerprint density at radius 3 is 2.95 bits per heavy atom. The lowest BCUT2D eigenvalue weighted by atomic mass is 10.0. The monoisotopic (exact) mass is 303 g/mol. The topological polar surface area (TPSA) is 64.1 Å². The third kappa shape index (κ3) is 3.01. The number of amides is 1. The highest BCUT2D eigenvalue weighted by Crippen LogP contribution is 2.30. The van der Waals surface area contributed by atoms with E-state index in [1.807, 2.05) is 36.0 Å².